The number of hydrogen-bond donors (Lipinski definition) is 0. The van der Waals surface area contributed by atoms with Crippen LogP contribution in [-0.4, -0.2) is 0 Å². The van der Waals surface area contributed by atoms with Gasteiger partial charge in [-0.1, -0.05) is 66.7 Å². The fourth-order valence-electron chi connectivity index (χ4n) is 6.87. The quantitative estimate of drug-likeness (QED) is 0.208. The van der Waals surface area contributed by atoms with E-state index in [1.54, 1.807) is 0 Å². The predicted octanol–water partition coefficient (Wildman–Crippen LogP) is 12.5. The highest BCUT2D eigenvalue weighted by atomic mass is 32.1. The molecular formula is C40H23NO2S. The lowest BCUT2D eigenvalue weighted by Gasteiger charge is -2.25. The Morgan fingerprint density at radius 3 is 2.02 bits per heavy atom. The number of furan rings is 2. The van der Waals surface area contributed by atoms with Crippen LogP contribution >= 0.6 is 11.3 Å². The van der Waals surface area contributed by atoms with Crippen molar-refractivity contribution in [2.75, 3.05) is 4.90 Å². The Kier molecular flexibility index (Phi) is 4.87. The number of anilines is 3. The summed E-state index contributed by atoms with van der Waals surface area (Å²) in [6.45, 7) is 0. The van der Waals surface area contributed by atoms with E-state index >= 15 is 0 Å². The fourth-order valence-corrected chi connectivity index (χ4v) is 7.95. The average molecular weight is 582 g/mol. The van der Waals surface area contributed by atoms with Crippen LogP contribution in [0.15, 0.2) is 148 Å². The number of thiophene rings is 1. The Morgan fingerprint density at radius 1 is 0.409 bits per heavy atom. The molecule has 0 unspecified atom stereocenters. The van der Waals surface area contributed by atoms with Crippen molar-refractivity contribution >= 4 is 103 Å². The van der Waals surface area contributed by atoms with Gasteiger partial charge in [0, 0.05) is 58.8 Å². The van der Waals surface area contributed by atoms with Gasteiger partial charge in [-0.3, -0.25) is 0 Å². The van der Waals surface area contributed by atoms with E-state index in [0.29, 0.717) is 0 Å². The van der Waals surface area contributed by atoms with Gasteiger partial charge in [-0.05, 0) is 83.6 Å². The highest BCUT2D eigenvalue weighted by Crippen LogP contribution is 2.46. The van der Waals surface area contributed by atoms with Gasteiger partial charge in [0.15, 0.2) is 0 Å². The molecular weight excluding hydrogens is 559 g/mol. The summed E-state index contributed by atoms with van der Waals surface area (Å²) in [6, 6.07) is 49.4. The van der Waals surface area contributed by atoms with E-state index in [1.807, 2.05) is 23.5 Å². The smallest absolute Gasteiger partial charge is 0.144 e. The van der Waals surface area contributed by atoms with Gasteiger partial charge in [-0.2, -0.15) is 0 Å². The molecule has 10 rings (SSSR count). The monoisotopic (exact) mass is 581 g/mol. The first-order chi connectivity index (χ1) is 21.8. The van der Waals surface area contributed by atoms with Crippen LogP contribution in [0.3, 0.4) is 0 Å². The molecule has 0 amide bonds. The minimum atomic E-state index is 0.891. The van der Waals surface area contributed by atoms with Gasteiger partial charge in [-0.15, -0.1) is 11.3 Å². The Bertz CT molecular complexity index is 2730. The first kappa shape index (κ1) is 23.9. The molecule has 3 nitrogen and oxygen atoms in total. The van der Waals surface area contributed by atoms with E-state index < -0.39 is 0 Å². The average Bonchev–Trinajstić information content (AvgIpc) is 3.76. The second-order valence-corrected chi connectivity index (χ2v) is 12.4. The van der Waals surface area contributed by atoms with E-state index in [4.69, 9.17) is 8.83 Å². The molecule has 0 N–H and O–H groups in total. The Balaban J connectivity index is 1.24. The molecule has 0 atom stereocenters. The van der Waals surface area contributed by atoms with Crippen LogP contribution in [0, 0.1) is 0 Å². The summed E-state index contributed by atoms with van der Waals surface area (Å²) < 4.78 is 15.3. The first-order valence-corrected chi connectivity index (χ1v) is 15.6. The normalized spacial score (nSPS) is 12.1. The van der Waals surface area contributed by atoms with E-state index in [2.05, 4.69) is 132 Å². The number of benzene rings is 7. The summed E-state index contributed by atoms with van der Waals surface area (Å²) >= 11 is 1.82. The Labute approximate surface area is 255 Å². The molecule has 0 aliphatic rings. The first-order valence-electron chi connectivity index (χ1n) is 14.8. The molecule has 44 heavy (non-hydrogen) atoms. The van der Waals surface area contributed by atoms with Crippen molar-refractivity contribution in [3.8, 4) is 0 Å². The van der Waals surface area contributed by atoms with Crippen LogP contribution in [0.25, 0.3) is 74.8 Å². The standard InChI is InChI=1S/C40H23NO2S/c1-2-9-25(10-3-1)41(26-15-19-34-31(22-26)29-12-6-7-13-33(29)42-34)27-16-20-36-32(23-27)39-37(44-36)21-17-30-38-28-11-5-4-8-24(28)14-18-35(38)43-40(30)39/h1-23H. The van der Waals surface area contributed by atoms with Gasteiger partial charge >= 0.3 is 0 Å². The molecule has 0 spiro atoms. The zero-order chi connectivity index (χ0) is 28.8. The van der Waals surface area contributed by atoms with Crippen LogP contribution in [0.1, 0.15) is 0 Å². The molecule has 0 saturated heterocycles. The van der Waals surface area contributed by atoms with Crippen molar-refractivity contribution in [3.63, 3.8) is 0 Å². The van der Waals surface area contributed by atoms with Gasteiger partial charge in [0.2, 0.25) is 0 Å². The Hall–Kier alpha value is -5.58. The SMILES string of the molecule is c1ccc(N(c2ccc3oc4ccccc4c3c2)c2ccc3sc4ccc5c(oc6ccc7ccccc7c65)c4c3c2)cc1. The molecule has 0 saturated carbocycles. The maximum atomic E-state index is 6.67. The van der Waals surface area contributed by atoms with Gasteiger partial charge in [0.25, 0.3) is 0 Å². The molecule has 0 aliphatic carbocycles. The third kappa shape index (κ3) is 3.37. The summed E-state index contributed by atoms with van der Waals surface area (Å²) in [5.41, 5.74) is 6.94. The predicted molar refractivity (Wildman–Crippen MR) is 186 cm³/mol. The number of para-hydroxylation sites is 2. The number of nitrogens with zero attached hydrogens (tertiary/aromatic N) is 1. The number of hydrogen-bond acceptors (Lipinski definition) is 4. The van der Waals surface area contributed by atoms with Crippen molar-refractivity contribution < 1.29 is 8.83 Å². The zero-order valence-electron chi connectivity index (χ0n) is 23.5. The van der Waals surface area contributed by atoms with Gasteiger partial charge < -0.3 is 13.7 Å². The summed E-state index contributed by atoms with van der Waals surface area (Å²) in [7, 11) is 0. The molecule has 0 bridgehead atoms. The van der Waals surface area contributed by atoms with Crippen molar-refractivity contribution in [1.29, 1.82) is 0 Å². The molecule has 206 valence electrons. The number of rotatable bonds is 3. The minimum absolute atomic E-state index is 0.891. The van der Waals surface area contributed by atoms with Crippen LogP contribution < -0.4 is 4.90 Å². The van der Waals surface area contributed by atoms with Crippen LogP contribution in [-0.2, 0) is 0 Å². The minimum Gasteiger partial charge on any atom is -0.456 e. The summed E-state index contributed by atoms with van der Waals surface area (Å²) in [5, 5.41) is 9.39. The highest BCUT2D eigenvalue weighted by molar-refractivity contribution is 7.26. The van der Waals surface area contributed by atoms with E-state index in [0.717, 1.165) is 55.6 Å². The lowest BCUT2D eigenvalue weighted by Crippen LogP contribution is -2.09. The molecule has 0 radical (unpaired) electrons. The van der Waals surface area contributed by atoms with E-state index in [1.165, 1.54) is 36.3 Å². The lowest BCUT2D eigenvalue weighted by molar-refractivity contribution is 0.669. The van der Waals surface area contributed by atoms with Crippen LogP contribution in [0.5, 0.6) is 0 Å². The maximum absolute atomic E-state index is 6.67. The maximum Gasteiger partial charge on any atom is 0.144 e. The summed E-state index contributed by atoms with van der Waals surface area (Å²) in [5.74, 6) is 0. The van der Waals surface area contributed by atoms with E-state index in [9.17, 15) is 0 Å². The van der Waals surface area contributed by atoms with Gasteiger partial charge in [0.05, 0.1) is 0 Å². The molecule has 7 aromatic carbocycles. The van der Waals surface area contributed by atoms with E-state index in [-0.39, 0.29) is 0 Å². The van der Waals surface area contributed by atoms with Crippen molar-refractivity contribution in [3.05, 3.63) is 140 Å². The second kappa shape index (κ2) is 8.96. The Morgan fingerprint density at radius 2 is 1.11 bits per heavy atom. The van der Waals surface area contributed by atoms with Crippen molar-refractivity contribution in [1.82, 2.24) is 0 Å². The molecule has 0 aliphatic heterocycles. The van der Waals surface area contributed by atoms with Gasteiger partial charge in [0.1, 0.15) is 22.3 Å². The van der Waals surface area contributed by atoms with Crippen molar-refractivity contribution in [2.45, 2.75) is 0 Å². The largest absolute Gasteiger partial charge is 0.456 e. The fraction of sp³-hybridized carbons (Fsp3) is 0. The summed E-state index contributed by atoms with van der Waals surface area (Å²) in [6.07, 6.45) is 0. The second-order valence-electron chi connectivity index (χ2n) is 11.3. The zero-order valence-corrected chi connectivity index (χ0v) is 24.3. The topological polar surface area (TPSA) is 29.5 Å². The van der Waals surface area contributed by atoms with Crippen LogP contribution in [0.2, 0.25) is 0 Å². The molecule has 0 fully saturated rings. The number of fused-ring (bicyclic) bond motifs is 12. The van der Waals surface area contributed by atoms with Crippen LogP contribution in [0.4, 0.5) is 17.1 Å². The third-order valence-corrected chi connectivity index (χ3v) is 9.97. The third-order valence-electron chi connectivity index (χ3n) is 8.84. The lowest BCUT2D eigenvalue weighted by atomic mass is 10.0. The molecule has 4 heteroatoms. The molecule has 3 heterocycles. The summed E-state index contributed by atoms with van der Waals surface area (Å²) in [4.78, 5) is 2.33. The highest BCUT2D eigenvalue weighted by Gasteiger charge is 2.20. The van der Waals surface area contributed by atoms with Crippen molar-refractivity contribution in [2.24, 2.45) is 0 Å². The molecule has 10 aromatic rings. The molecule has 3 aromatic heterocycles. The van der Waals surface area contributed by atoms with Gasteiger partial charge in [-0.25, -0.2) is 0 Å².